The fraction of sp³-hybridized carbons (Fsp3) is 0.500. The van der Waals surface area contributed by atoms with Crippen LogP contribution in [-0.2, 0) is 3.23 Å². The first kappa shape index (κ1) is 13.8. The van der Waals surface area contributed by atoms with Gasteiger partial charge in [-0.3, -0.25) is 0 Å². The van der Waals surface area contributed by atoms with Gasteiger partial charge in [0, 0.05) is 5.56 Å². The molecular weight excluding hydrogens is 336 g/mol. The largest absolute Gasteiger partial charge is 0.504 e. The normalized spacial score (nSPS) is 11.7. The average molecular weight is 352 g/mol. The first-order chi connectivity index (χ1) is 7.49. The molecule has 1 rings (SSSR count). The third-order valence-electron chi connectivity index (χ3n) is 2.50. The van der Waals surface area contributed by atoms with Gasteiger partial charge < -0.3 is 10.2 Å². The number of alkyl halides is 2. The molecule has 0 heterocycles. The second-order valence-electron chi connectivity index (χ2n) is 3.83. The molecule has 1 aromatic carbocycles. The van der Waals surface area contributed by atoms with Crippen LogP contribution in [0.15, 0.2) is 18.2 Å². The number of para-hydroxylation sites is 1. The minimum atomic E-state index is -0.460. The average Bonchev–Trinajstić information content (AvgIpc) is 2.22. The zero-order valence-electron chi connectivity index (χ0n) is 9.21. The van der Waals surface area contributed by atoms with E-state index in [1.807, 2.05) is 0 Å². The molecule has 4 heteroatoms. The predicted octanol–water partition coefficient (Wildman–Crippen LogP) is 4.62. The van der Waals surface area contributed by atoms with Gasteiger partial charge in [-0.1, -0.05) is 70.2 Å². The Bertz CT molecular complexity index is 351. The maximum atomic E-state index is 9.78. The summed E-state index contributed by atoms with van der Waals surface area (Å²) in [6, 6.07) is 4.99. The Balaban J connectivity index is 2.84. The number of hydrogen-bond donors (Lipinski definition) is 2. The Morgan fingerprint density at radius 3 is 2.50 bits per heavy atom. The molecule has 1 aromatic rings. The Kier molecular flexibility index (Phi) is 5.12. The third-order valence-corrected chi connectivity index (χ3v) is 4.15. The minimum absolute atomic E-state index is 0.0623. The molecule has 0 unspecified atom stereocenters. The van der Waals surface area contributed by atoms with E-state index in [9.17, 15) is 10.2 Å². The highest BCUT2D eigenvalue weighted by Gasteiger charge is 2.28. The van der Waals surface area contributed by atoms with Crippen molar-refractivity contribution in [3.63, 3.8) is 0 Å². The number of phenolic OH excluding ortho intramolecular Hbond substituents is 2. The summed E-state index contributed by atoms with van der Waals surface area (Å²) in [6.45, 7) is 2.15. The summed E-state index contributed by atoms with van der Waals surface area (Å²) in [7, 11) is 0. The van der Waals surface area contributed by atoms with Gasteiger partial charge in [0.1, 0.15) is 3.23 Å². The molecule has 0 spiro atoms. The van der Waals surface area contributed by atoms with Crippen molar-refractivity contribution in [3.8, 4) is 11.5 Å². The highest BCUT2D eigenvalue weighted by molar-refractivity contribution is 9.24. The number of halogens is 2. The van der Waals surface area contributed by atoms with Gasteiger partial charge in [0.15, 0.2) is 11.5 Å². The van der Waals surface area contributed by atoms with Crippen LogP contribution in [0.4, 0.5) is 0 Å². The number of phenols is 2. The van der Waals surface area contributed by atoms with E-state index in [1.54, 1.807) is 12.1 Å². The van der Waals surface area contributed by atoms with Crippen LogP contribution in [0.5, 0.6) is 11.5 Å². The van der Waals surface area contributed by atoms with Crippen molar-refractivity contribution < 1.29 is 10.2 Å². The number of rotatable bonds is 5. The van der Waals surface area contributed by atoms with Gasteiger partial charge in [-0.25, -0.2) is 0 Å². The molecule has 0 bridgehead atoms. The minimum Gasteiger partial charge on any atom is -0.504 e. The van der Waals surface area contributed by atoms with Crippen LogP contribution in [-0.4, -0.2) is 10.2 Å². The Hall–Kier alpha value is -0.220. The second kappa shape index (κ2) is 5.92. The quantitative estimate of drug-likeness (QED) is 0.461. The molecule has 0 aromatic heterocycles. The van der Waals surface area contributed by atoms with Crippen LogP contribution in [0.25, 0.3) is 0 Å². The highest BCUT2D eigenvalue weighted by atomic mass is 79.9. The van der Waals surface area contributed by atoms with E-state index in [4.69, 9.17) is 0 Å². The Morgan fingerprint density at radius 1 is 1.19 bits per heavy atom. The van der Waals surface area contributed by atoms with E-state index >= 15 is 0 Å². The molecule has 2 N–H and O–H groups in total. The lowest BCUT2D eigenvalue weighted by molar-refractivity contribution is 0.397. The summed E-state index contributed by atoms with van der Waals surface area (Å²) in [5.41, 5.74) is 0.670. The topological polar surface area (TPSA) is 40.5 Å². The molecule has 0 atom stereocenters. The maximum absolute atomic E-state index is 9.78. The van der Waals surface area contributed by atoms with Gasteiger partial charge >= 0.3 is 0 Å². The molecule has 0 fully saturated rings. The lowest BCUT2D eigenvalue weighted by Gasteiger charge is -2.22. The van der Waals surface area contributed by atoms with Crippen molar-refractivity contribution in [1.82, 2.24) is 0 Å². The van der Waals surface area contributed by atoms with Gasteiger partial charge in [-0.15, -0.1) is 0 Å². The Morgan fingerprint density at radius 2 is 1.88 bits per heavy atom. The van der Waals surface area contributed by atoms with E-state index in [0.717, 1.165) is 25.7 Å². The van der Waals surface area contributed by atoms with Crippen molar-refractivity contribution in [2.24, 2.45) is 0 Å². The first-order valence-electron chi connectivity index (χ1n) is 5.38. The fourth-order valence-corrected chi connectivity index (χ4v) is 2.76. The standard InChI is InChI=1S/C12H16Br2O2/c1-2-3-4-8-12(13,14)9-6-5-7-10(15)11(9)16/h5-7,15-16H,2-4,8H2,1H3. The van der Waals surface area contributed by atoms with Gasteiger partial charge in [0.2, 0.25) is 0 Å². The van der Waals surface area contributed by atoms with Gasteiger partial charge in [0.25, 0.3) is 0 Å². The van der Waals surface area contributed by atoms with Crippen molar-refractivity contribution in [3.05, 3.63) is 23.8 Å². The van der Waals surface area contributed by atoms with Gasteiger partial charge in [-0.2, -0.15) is 0 Å². The molecule has 0 aliphatic carbocycles. The number of hydrogen-bond acceptors (Lipinski definition) is 2. The van der Waals surface area contributed by atoms with Crippen LogP contribution in [0.2, 0.25) is 0 Å². The summed E-state index contributed by atoms with van der Waals surface area (Å²) in [4.78, 5) is 0. The van der Waals surface area contributed by atoms with E-state index in [-0.39, 0.29) is 11.5 Å². The van der Waals surface area contributed by atoms with Gasteiger partial charge in [-0.05, 0) is 12.5 Å². The highest BCUT2D eigenvalue weighted by Crippen LogP contribution is 2.48. The van der Waals surface area contributed by atoms with E-state index < -0.39 is 3.23 Å². The molecule has 0 aliphatic rings. The smallest absolute Gasteiger partial charge is 0.162 e. The summed E-state index contributed by atoms with van der Waals surface area (Å²) in [5, 5.41) is 19.2. The molecule has 16 heavy (non-hydrogen) atoms. The van der Waals surface area contributed by atoms with E-state index in [0.29, 0.717) is 5.56 Å². The zero-order chi connectivity index (χ0) is 12.2. The maximum Gasteiger partial charge on any atom is 0.162 e. The van der Waals surface area contributed by atoms with Crippen LogP contribution < -0.4 is 0 Å². The fourth-order valence-electron chi connectivity index (χ4n) is 1.56. The lowest BCUT2D eigenvalue weighted by atomic mass is 10.0. The summed E-state index contributed by atoms with van der Waals surface area (Å²) >= 11 is 7.10. The number of unbranched alkanes of at least 4 members (excludes halogenated alkanes) is 2. The second-order valence-corrected chi connectivity index (χ2v) is 7.61. The SMILES string of the molecule is CCCCCC(Br)(Br)c1cccc(O)c1O. The molecular formula is C12H16Br2O2. The summed E-state index contributed by atoms with van der Waals surface area (Å²) < 4.78 is -0.460. The molecule has 0 saturated carbocycles. The van der Waals surface area contributed by atoms with Crippen LogP contribution in [0.3, 0.4) is 0 Å². The molecule has 90 valence electrons. The zero-order valence-corrected chi connectivity index (χ0v) is 12.4. The lowest BCUT2D eigenvalue weighted by Crippen LogP contribution is -2.09. The first-order valence-corrected chi connectivity index (χ1v) is 6.97. The molecule has 0 radical (unpaired) electrons. The molecule has 0 amide bonds. The van der Waals surface area contributed by atoms with Gasteiger partial charge in [0.05, 0.1) is 0 Å². The van der Waals surface area contributed by atoms with Crippen molar-refractivity contribution in [2.75, 3.05) is 0 Å². The predicted molar refractivity (Wildman–Crippen MR) is 73.4 cm³/mol. The van der Waals surface area contributed by atoms with Crippen molar-refractivity contribution >= 4 is 31.9 Å². The van der Waals surface area contributed by atoms with Crippen LogP contribution >= 0.6 is 31.9 Å². The van der Waals surface area contributed by atoms with Crippen LogP contribution in [0, 0.1) is 0 Å². The number of benzene rings is 1. The van der Waals surface area contributed by atoms with Crippen molar-refractivity contribution in [1.29, 1.82) is 0 Å². The summed E-state index contributed by atoms with van der Waals surface area (Å²) in [5.74, 6) is -0.149. The number of aromatic hydroxyl groups is 2. The monoisotopic (exact) mass is 350 g/mol. The Labute approximate surface area is 113 Å². The summed E-state index contributed by atoms with van der Waals surface area (Å²) in [6.07, 6.45) is 4.22. The molecule has 0 saturated heterocycles. The molecule has 2 nitrogen and oxygen atoms in total. The molecule has 0 aliphatic heterocycles. The third kappa shape index (κ3) is 3.39. The van der Waals surface area contributed by atoms with E-state index in [1.165, 1.54) is 6.07 Å². The van der Waals surface area contributed by atoms with Crippen molar-refractivity contribution in [2.45, 2.75) is 35.8 Å². The van der Waals surface area contributed by atoms with E-state index in [2.05, 4.69) is 38.8 Å². The van der Waals surface area contributed by atoms with Crippen LogP contribution in [0.1, 0.15) is 38.2 Å².